The van der Waals surface area contributed by atoms with E-state index >= 15 is 0 Å². The fourth-order valence-electron chi connectivity index (χ4n) is 1.64. The van der Waals surface area contributed by atoms with E-state index < -0.39 is 5.60 Å². The van der Waals surface area contributed by atoms with Crippen molar-refractivity contribution in [2.24, 2.45) is 0 Å². The van der Waals surface area contributed by atoms with E-state index in [0.717, 1.165) is 31.4 Å². The number of rotatable bonds is 6. The van der Waals surface area contributed by atoms with Gasteiger partial charge in [0.15, 0.2) is 0 Å². The first-order chi connectivity index (χ1) is 8.97. The maximum atomic E-state index is 11.4. The first-order valence-corrected chi connectivity index (χ1v) is 6.93. The summed E-state index contributed by atoms with van der Waals surface area (Å²) >= 11 is 0. The Morgan fingerprint density at radius 1 is 1.37 bits per heavy atom. The van der Waals surface area contributed by atoms with Crippen molar-refractivity contribution in [3.8, 4) is 0 Å². The van der Waals surface area contributed by atoms with Crippen LogP contribution in [0.15, 0.2) is 24.0 Å². The van der Waals surface area contributed by atoms with Crippen LogP contribution in [0.4, 0.5) is 4.79 Å². The molecule has 0 saturated carbocycles. The van der Waals surface area contributed by atoms with Crippen LogP contribution in [0.2, 0.25) is 0 Å². The highest BCUT2D eigenvalue weighted by atomic mass is 16.6. The standard InChI is InChI=1S/C15H25NO3/c1-15(2,3)19-14(17)16-11-7-8-12-18-13-9-5-4-6-10-13/h4-5,9H,6-8,10-12H2,1-3H3,(H,16,17). The molecule has 0 atom stereocenters. The van der Waals surface area contributed by atoms with Crippen LogP contribution in [0.1, 0.15) is 46.5 Å². The predicted molar refractivity (Wildman–Crippen MR) is 75.9 cm³/mol. The summed E-state index contributed by atoms with van der Waals surface area (Å²) in [6, 6.07) is 0. The second kappa shape index (κ2) is 7.87. The van der Waals surface area contributed by atoms with Gasteiger partial charge in [0.1, 0.15) is 5.60 Å². The predicted octanol–water partition coefficient (Wildman–Crippen LogP) is 3.54. The molecule has 4 heteroatoms. The van der Waals surface area contributed by atoms with E-state index in [1.54, 1.807) is 0 Å². The third kappa shape index (κ3) is 8.30. The first kappa shape index (κ1) is 15.6. The van der Waals surface area contributed by atoms with E-state index in [4.69, 9.17) is 9.47 Å². The molecule has 0 heterocycles. The normalized spacial score (nSPS) is 14.8. The molecule has 1 aliphatic carbocycles. The lowest BCUT2D eigenvalue weighted by Gasteiger charge is -2.19. The Morgan fingerprint density at radius 2 is 2.16 bits per heavy atom. The summed E-state index contributed by atoms with van der Waals surface area (Å²) in [6.07, 6.45) is 9.70. The lowest BCUT2D eigenvalue weighted by Crippen LogP contribution is -2.33. The van der Waals surface area contributed by atoms with Crippen LogP contribution < -0.4 is 5.32 Å². The van der Waals surface area contributed by atoms with E-state index in [-0.39, 0.29) is 6.09 Å². The average molecular weight is 267 g/mol. The van der Waals surface area contributed by atoms with Crippen LogP contribution in [0, 0.1) is 0 Å². The molecular formula is C15H25NO3. The number of unbranched alkanes of at least 4 members (excludes halogenated alkanes) is 1. The van der Waals surface area contributed by atoms with Crippen LogP contribution in [0.25, 0.3) is 0 Å². The molecule has 1 rings (SSSR count). The third-order valence-corrected chi connectivity index (χ3v) is 2.50. The highest BCUT2D eigenvalue weighted by Gasteiger charge is 2.15. The van der Waals surface area contributed by atoms with Crippen LogP contribution >= 0.6 is 0 Å². The summed E-state index contributed by atoms with van der Waals surface area (Å²) in [5.41, 5.74) is -0.436. The molecule has 0 aromatic heterocycles. The molecule has 0 unspecified atom stereocenters. The molecule has 0 bridgehead atoms. The van der Waals surface area contributed by atoms with Crippen LogP contribution in [-0.2, 0) is 9.47 Å². The number of hydrogen-bond donors (Lipinski definition) is 1. The molecule has 1 aliphatic rings. The Labute approximate surface area is 115 Å². The fourth-order valence-corrected chi connectivity index (χ4v) is 1.64. The van der Waals surface area contributed by atoms with Gasteiger partial charge in [-0.05, 0) is 46.1 Å². The van der Waals surface area contributed by atoms with Gasteiger partial charge >= 0.3 is 6.09 Å². The first-order valence-electron chi connectivity index (χ1n) is 6.93. The summed E-state index contributed by atoms with van der Waals surface area (Å²) in [6.45, 7) is 6.89. The summed E-state index contributed by atoms with van der Waals surface area (Å²) in [7, 11) is 0. The molecule has 0 aliphatic heterocycles. The zero-order valence-electron chi connectivity index (χ0n) is 12.2. The van der Waals surface area contributed by atoms with Crippen molar-refractivity contribution in [1.82, 2.24) is 5.32 Å². The van der Waals surface area contributed by atoms with Crippen molar-refractivity contribution in [3.05, 3.63) is 24.0 Å². The second-order valence-corrected chi connectivity index (χ2v) is 5.58. The number of amides is 1. The van der Waals surface area contributed by atoms with Crippen molar-refractivity contribution in [2.45, 2.75) is 52.1 Å². The molecule has 0 saturated heterocycles. The Hall–Kier alpha value is -1.45. The molecule has 0 radical (unpaired) electrons. The minimum absolute atomic E-state index is 0.353. The van der Waals surface area contributed by atoms with Crippen molar-refractivity contribution in [2.75, 3.05) is 13.2 Å². The van der Waals surface area contributed by atoms with E-state index in [1.165, 1.54) is 0 Å². The van der Waals surface area contributed by atoms with E-state index in [0.29, 0.717) is 13.2 Å². The van der Waals surface area contributed by atoms with Gasteiger partial charge in [-0.15, -0.1) is 0 Å². The van der Waals surface area contributed by atoms with Crippen molar-refractivity contribution >= 4 is 6.09 Å². The van der Waals surface area contributed by atoms with Gasteiger partial charge in [-0.25, -0.2) is 4.79 Å². The number of hydrogen-bond acceptors (Lipinski definition) is 3. The number of nitrogens with one attached hydrogen (secondary N) is 1. The van der Waals surface area contributed by atoms with Gasteiger partial charge in [0, 0.05) is 13.0 Å². The number of allylic oxidation sites excluding steroid dienone is 4. The maximum absolute atomic E-state index is 11.4. The molecule has 0 spiro atoms. The van der Waals surface area contributed by atoms with Gasteiger partial charge < -0.3 is 14.8 Å². The minimum Gasteiger partial charge on any atom is -0.498 e. The van der Waals surface area contributed by atoms with Crippen molar-refractivity contribution in [1.29, 1.82) is 0 Å². The molecule has 1 amide bonds. The highest BCUT2D eigenvalue weighted by molar-refractivity contribution is 5.67. The molecule has 1 N–H and O–H groups in total. The number of alkyl carbamates (subject to hydrolysis) is 1. The Bertz CT molecular complexity index is 340. The van der Waals surface area contributed by atoms with Gasteiger partial charge in [0.2, 0.25) is 0 Å². The largest absolute Gasteiger partial charge is 0.498 e. The van der Waals surface area contributed by atoms with Crippen molar-refractivity contribution in [3.63, 3.8) is 0 Å². The van der Waals surface area contributed by atoms with Gasteiger partial charge in [-0.2, -0.15) is 0 Å². The van der Waals surface area contributed by atoms with Gasteiger partial charge in [-0.1, -0.05) is 12.2 Å². The molecular weight excluding hydrogens is 242 g/mol. The summed E-state index contributed by atoms with van der Waals surface area (Å²) < 4.78 is 10.8. The average Bonchev–Trinajstić information content (AvgIpc) is 2.32. The molecule has 4 nitrogen and oxygen atoms in total. The van der Waals surface area contributed by atoms with Gasteiger partial charge in [-0.3, -0.25) is 0 Å². The minimum atomic E-state index is -0.436. The SMILES string of the molecule is CC(C)(C)OC(=O)NCCCCOC1=CC=CCC1. The van der Waals surface area contributed by atoms with E-state index in [1.807, 2.05) is 32.9 Å². The molecule has 19 heavy (non-hydrogen) atoms. The monoisotopic (exact) mass is 267 g/mol. The Kier molecular flexibility index (Phi) is 6.46. The fraction of sp³-hybridized carbons (Fsp3) is 0.667. The van der Waals surface area contributed by atoms with Crippen LogP contribution in [0.3, 0.4) is 0 Å². The third-order valence-electron chi connectivity index (χ3n) is 2.50. The quantitative estimate of drug-likeness (QED) is 0.749. The van der Waals surface area contributed by atoms with Crippen molar-refractivity contribution < 1.29 is 14.3 Å². The second-order valence-electron chi connectivity index (χ2n) is 5.58. The maximum Gasteiger partial charge on any atom is 0.407 e. The summed E-state index contributed by atoms with van der Waals surface area (Å²) in [5, 5.41) is 2.74. The zero-order chi connectivity index (χ0) is 14.1. The number of carbonyl (C=O) groups is 1. The summed E-state index contributed by atoms with van der Waals surface area (Å²) in [5.74, 6) is 1.06. The number of ether oxygens (including phenoxy) is 2. The lowest BCUT2D eigenvalue weighted by molar-refractivity contribution is 0.0525. The highest BCUT2D eigenvalue weighted by Crippen LogP contribution is 2.13. The number of carbonyl (C=O) groups excluding carboxylic acids is 1. The van der Waals surface area contributed by atoms with E-state index in [2.05, 4.69) is 11.4 Å². The zero-order valence-corrected chi connectivity index (χ0v) is 12.2. The Balaban J connectivity index is 1.98. The smallest absolute Gasteiger partial charge is 0.407 e. The molecule has 0 aromatic rings. The lowest BCUT2D eigenvalue weighted by atomic mass is 10.2. The molecule has 0 aromatic carbocycles. The van der Waals surface area contributed by atoms with Crippen LogP contribution in [0.5, 0.6) is 0 Å². The van der Waals surface area contributed by atoms with E-state index in [9.17, 15) is 4.79 Å². The Morgan fingerprint density at radius 3 is 2.79 bits per heavy atom. The van der Waals surface area contributed by atoms with Gasteiger partial charge in [0.05, 0.1) is 12.4 Å². The topological polar surface area (TPSA) is 47.6 Å². The van der Waals surface area contributed by atoms with Crippen LogP contribution in [-0.4, -0.2) is 24.8 Å². The summed E-state index contributed by atoms with van der Waals surface area (Å²) in [4.78, 5) is 11.4. The van der Waals surface area contributed by atoms with Gasteiger partial charge in [0.25, 0.3) is 0 Å². The molecule has 108 valence electrons. The molecule has 0 fully saturated rings.